The Morgan fingerprint density at radius 3 is 0.917 bits per heavy atom. The van der Waals surface area contributed by atoms with Crippen molar-refractivity contribution in [2.45, 2.75) is 20.8 Å². The first-order valence-electron chi connectivity index (χ1n) is 7.83. The van der Waals surface area contributed by atoms with Crippen LogP contribution in [0.25, 0.3) is 0 Å². The molecule has 3 aromatic carbocycles. The van der Waals surface area contributed by atoms with Crippen molar-refractivity contribution in [2.24, 2.45) is 0 Å². The van der Waals surface area contributed by atoms with E-state index in [-0.39, 0.29) is 0 Å². The quantitative estimate of drug-likeness (QED) is 0.218. The third kappa shape index (κ3) is 5.28. The van der Waals surface area contributed by atoms with Crippen LogP contribution in [0.4, 0.5) is 0 Å². The molecule has 0 aliphatic heterocycles. The fraction of sp³-hybridized carbons (Fsp3) is 0.143. The second kappa shape index (κ2) is 9.89. The Labute approximate surface area is 169 Å². The van der Waals surface area contributed by atoms with Gasteiger partial charge in [0.1, 0.15) is 15.9 Å². The van der Waals surface area contributed by atoms with Gasteiger partial charge in [-0.1, -0.05) is 53.1 Å². The van der Waals surface area contributed by atoms with Crippen LogP contribution >= 0.6 is 26.9 Å². The summed E-state index contributed by atoms with van der Waals surface area (Å²) in [6.07, 6.45) is 0. The fourth-order valence-corrected chi connectivity index (χ4v) is 5.16. The number of hydrogen-bond acceptors (Lipinski definition) is 0. The topological polar surface area (TPSA) is 0 Å². The molecule has 0 saturated heterocycles. The monoisotopic (exact) mass is 629 g/mol. The number of aryl methyl sites for hydroxylation is 3. The molecule has 24 heavy (non-hydrogen) atoms. The van der Waals surface area contributed by atoms with Gasteiger partial charge < -0.3 is 0 Å². The molecule has 0 nitrogen and oxygen atoms in total. The summed E-state index contributed by atoms with van der Waals surface area (Å²) in [7, 11) is -0.927. The van der Waals surface area contributed by atoms with E-state index in [0.29, 0.717) is 0 Å². The van der Waals surface area contributed by atoms with Gasteiger partial charge in [0.05, 0.1) is 7.92 Å². The summed E-state index contributed by atoms with van der Waals surface area (Å²) in [5, 5.41) is 4.34. The molecule has 0 saturated carbocycles. The molecule has 0 unspecified atom stereocenters. The van der Waals surface area contributed by atoms with Crippen molar-refractivity contribution in [3.8, 4) is 0 Å². The minimum atomic E-state index is -0.927. The maximum absolute atomic E-state index is 2.29. The zero-order valence-corrected chi connectivity index (χ0v) is 19.4. The molecule has 0 aromatic heterocycles. The van der Waals surface area contributed by atoms with E-state index in [1.54, 1.807) is 0 Å². The Kier molecular flexibility index (Phi) is 8.19. The van der Waals surface area contributed by atoms with Crippen molar-refractivity contribution in [1.82, 2.24) is 0 Å². The van der Waals surface area contributed by atoms with Crippen LogP contribution in [0.3, 0.4) is 0 Å². The van der Waals surface area contributed by atoms with Gasteiger partial charge in [0, 0.05) is 0 Å². The summed E-state index contributed by atoms with van der Waals surface area (Å²) in [4.78, 5) is 0. The minimum absolute atomic E-state index is 0.927. The molecule has 3 rings (SSSR count). The van der Waals surface area contributed by atoms with Crippen LogP contribution in [0.5, 0.6) is 0 Å². The molecule has 128 valence electrons. The van der Waals surface area contributed by atoms with Crippen LogP contribution in [-0.4, -0.2) is 0 Å². The van der Waals surface area contributed by atoms with Crippen molar-refractivity contribution >= 4 is 42.9 Å². The molecular formula is C21H22AuIP+. The molecule has 0 aliphatic carbocycles. The van der Waals surface area contributed by atoms with Crippen LogP contribution in [0.15, 0.2) is 72.8 Å². The van der Waals surface area contributed by atoms with Crippen molar-refractivity contribution in [1.29, 1.82) is 0 Å². The molecule has 3 heteroatoms. The molecule has 0 radical (unpaired) electrons. The number of halogens is 1. The van der Waals surface area contributed by atoms with Gasteiger partial charge in [0.25, 0.3) is 0 Å². The van der Waals surface area contributed by atoms with Gasteiger partial charge in [-0.15, -0.1) is 0 Å². The van der Waals surface area contributed by atoms with E-state index in [0.717, 1.165) is 0 Å². The standard InChI is InChI=1S/C21H21P.Au.HI/c1-16-4-10-19(11-5-16)22(20-12-6-17(2)7-13-20)21-14-8-18(3)9-15-21;;/h4-15H,1-3H3;;1H/q;+1;. The number of rotatable bonds is 3. The Hall–Kier alpha value is -0.440. The van der Waals surface area contributed by atoms with Crippen molar-refractivity contribution < 1.29 is 17.3 Å². The molecule has 0 aliphatic rings. The summed E-state index contributed by atoms with van der Waals surface area (Å²) in [6, 6.07) is 27.1. The first-order chi connectivity index (χ1) is 11.6. The maximum atomic E-state index is 2.29. The molecule has 0 bridgehead atoms. The van der Waals surface area contributed by atoms with Crippen LogP contribution in [-0.2, 0) is 17.3 Å². The summed E-state index contributed by atoms with van der Waals surface area (Å²) >= 11 is 4.34. The zero-order chi connectivity index (χ0) is 17.5. The van der Waals surface area contributed by atoms with Gasteiger partial charge in [-0.3, -0.25) is 0 Å². The van der Waals surface area contributed by atoms with Gasteiger partial charge in [-0.05, 0) is 57.2 Å². The molecule has 0 atom stereocenters. The van der Waals surface area contributed by atoms with Crippen molar-refractivity contribution in [2.75, 3.05) is 0 Å². The van der Waals surface area contributed by atoms with Crippen LogP contribution in [0.1, 0.15) is 16.7 Å². The Bertz CT molecular complexity index is 641. The number of hydrogen-bond donors (Lipinski definition) is 0. The molecule has 0 spiro atoms. The van der Waals surface area contributed by atoms with E-state index in [2.05, 4.69) is 130 Å². The van der Waals surface area contributed by atoms with Crippen LogP contribution in [0, 0.1) is 20.8 Å². The molecule has 0 heterocycles. The van der Waals surface area contributed by atoms with Gasteiger partial charge in [-0.2, -0.15) is 0 Å². The third-order valence-electron chi connectivity index (χ3n) is 4.02. The van der Waals surface area contributed by atoms with E-state index < -0.39 is 7.92 Å². The van der Waals surface area contributed by atoms with Crippen LogP contribution in [0.2, 0.25) is 0 Å². The molecule has 0 amide bonds. The first kappa shape index (κ1) is 19.9. The Balaban J connectivity index is 0.00000100. The number of benzene rings is 3. The Morgan fingerprint density at radius 2 is 0.708 bits per heavy atom. The molecule has 0 N–H and O–H groups in total. The molecule has 0 fully saturated rings. The normalized spacial score (nSPS) is 10.3. The Morgan fingerprint density at radius 1 is 0.500 bits per heavy atom. The fourth-order valence-electron chi connectivity index (χ4n) is 2.66. The second-order valence-corrected chi connectivity index (χ2v) is 8.46. The summed E-state index contributed by atoms with van der Waals surface area (Å²) in [6.45, 7) is 6.44. The zero-order valence-electron chi connectivity index (χ0n) is 14.1. The average molecular weight is 629 g/mol. The summed E-state index contributed by atoms with van der Waals surface area (Å²) < 4.78 is 0. The van der Waals surface area contributed by atoms with Crippen molar-refractivity contribution in [3.05, 3.63) is 89.5 Å². The predicted octanol–water partition coefficient (Wildman–Crippen LogP) is 4.99. The van der Waals surface area contributed by atoms with E-state index in [9.17, 15) is 0 Å². The average Bonchev–Trinajstić information content (AvgIpc) is 2.62. The van der Waals surface area contributed by atoms with E-state index in [1.165, 1.54) is 32.6 Å². The van der Waals surface area contributed by atoms with Gasteiger partial charge in [0.15, 0.2) is 0 Å². The third-order valence-corrected chi connectivity index (χ3v) is 6.75. The molecule has 3 aromatic rings. The van der Waals surface area contributed by atoms with Crippen LogP contribution < -0.4 is 15.9 Å². The predicted molar refractivity (Wildman–Crippen MR) is 115 cm³/mol. The van der Waals surface area contributed by atoms with Gasteiger partial charge >= 0.3 is 36.3 Å². The second-order valence-electron chi connectivity index (χ2n) is 5.97. The summed E-state index contributed by atoms with van der Waals surface area (Å²) in [5.41, 5.74) is 3.95. The van der Waals surface area contributed by atoms with Gasteiger partial charge in [0.2, 0.25) is 0 Å². The van der Waals surface area contributed by atoms with E-state index in [1.807, 2.05) is 0 Å². The SMILES string of the molecule is Cc1ccc([PH+](c2ccc(C)cc2)c2ccc(C)cc2)cc1.[I][Au]. The first-order valence-corrected chi connectivity index (χ1v) is 15.5. The van der Waals surface area contributed by atoms with E-state index in [4.69, 9.17) is 0 Å². The van der Waals surface area contributed by atoms with E-state index >= 15 is 0 Å². The van der Waals surface area contributed by atoms with Gasteiger partial charge in [-0.25, -0.2) is 0 Å². The van der Waals surface area contributed by atoms with Crippen molar-refractivity contribution in [3.63, 3.8) is 0 Å². The summed E-state index contributed by atoms with van der Waals surface area (Å²) in [5.74, 6) is 0. The molecular weight excluding hydrogens is 607 g/mol.